The zero-order chi connectivity index (χ0) is 14.3. The van der Waals surface area contributed by atoms with Gasteiger partial charge in [-0.05, 0) is 29.8 Å². The van der Waals surface area contributed by atoms with Gasteiger partial charge >= 0.3 is 0 Å². The van der Waals surface area contributed by atoms with Crippen LogP contribution in [0.4, 0.5) is 11.4 Å². The summed E-state index contributed by atoms with van der Waals surface area (Å²) in [6.45, 7) is -0.0879. The molecular weight excluding hydrogens is 256 g/mol. The van der Waals surface area contributed by atoms with Crippen LogP contribution < -0.4 is 10.6 Å². The van der Waals surface area contributed by atoms with Crippen LogP contribution >= 0.6 is 0 Å². The van der Waals surface area contributed by atoms with Crippen molar-refractivity contribution in [3.05, 3.63) is 59.2 Å². The van der Waals surface area contributed by atoms with E-state index in [9.17, 15) is 9.59 Å². The minimum atomic E-state index is -0.417. The van der Waals surface area contributed by atoms with E-state index in [1.165, 1.54) is 0 Å². The number of carbonyl (C=O) groups is 2. The maximum absolute atomic E-state index is 12.4. The number of nitrogens with zero attached hydrogens (tertiary/aromatic N) is 1. The maximum Gasteiger partial charge on any atom is 0.268 e. The van der Waals surface area contributed by atoms with Crippen LogP contribution in [0.2, 0.25) is 0 Å². The number of imide groups is 1. The van der Waals surface area contributed by atoms with Crippen LogP contribution in [0, 0.1) is 0 Å². The van der Waals surface area contributed by atoms with Crippen LogP contribution in [0.3, 0.4) is 0 Å². The summed E-state index contributed by atoms with van der Waals surface area (Å²) in [7, 11) is 0. The number of nitrogen functional groups attached to an aromatic ring is 1. The van der Waals surface area contributed by atoms with Gasteiger partial charge in [-0.25, -0.2) is 4.90 Å². The Morgan fingerprint density at radius 3 is 2.30 bits per heavy atom. The van der Waals surface area contributed by atoms with Crippen LogP contribution in [-0.4, -0.2) is 16.9 Å². The van der Waals surface area contributed by atoms with Gasteiger partial charge in [0.2, 0.25) is 0 Å². The Morgan fingerprint density at radius 1 is 1.00 bits per heavy atom. The normalized spacial score (nSPS) is 13.8. The number of benzene rings is 2. The lowest BCUT2D eigenvalue weighted by Gasteiger charge is -2.14. The third kappa shape index (κ3) is 1.68. The average Bonchev–Trinajstić information content (AvgIpc) is 2.72. The van der Waals surface area contributed by atoms with Gasteiger partial charge in [0.1, 0.15) is 0 Å². The second-order valence-corrected chi connectivity index (χ2v) is 4.54. The van der Waals surface area contributed by atoms with Gasteiger partial charge in [-0.1, -0.05) is 18.2 Å². The zero-order valence-electron chi connectivity index (χ0n) is 10.5. The van der Waals surface area contributed by atoms with Crippen LogP contribution in [0.5, 0.6) is 0 Å². The van der Waals surface area contributed by atoms with E-state index in [2.05, 4.69) is 0 Å². The third-order valence-electron chi connectivity index (χ3n) is 3.32. The van der Waals surface area contributed by atoms with E-state index >= 15 is 0 Å². The highest BCUT2D eigenvalue weighted by molar-refractivity contribution is 6.35. The Bertz CT molecular complexity index is 708. The summed E-state index contributed by atoms with van der Waals surface area (Å²) in [5.41, 5.74) is 7.83. The molecule has 3 N–H and O–H groups in total. The molecule has 0 unspecified atom stereocenters. The van der Waals surface area contributed by atoms with E-state index in [-0.39, 0.29) is 18.1 Å². The minimum absolute atomic E-state index is 0.0879. The number of fused-ring (bicyclic) bond motifs is 1. The number of nitrogens with two attached hydrogens (primary N) is 1. The lowest BCUT2D eigenvalue weighted by molar-refractivity contribution is 0.0926. The first-order valence-corrected chi connectivity index (χ1v) is 6.10. The Balaban J connectivity index is 2.07. The van der Waals surface area contributed by atoms with Crippen LogP contribution in [0.25, 0.3) is 0 Å². The van der Waals surface area contributed by atoms with Crippen molar-refractivity contribution >= 4 is 23.2 Å². The molecule has 2 amide bonds. The predicted octanol–water partition coefficient (Wildman–Crippen LogP) is 1.56. The molecule has 0 spiro atoms. The van der Waals surface area contributed by atoms with Crippen molar-refractivity contribution < 1.29 is 14.7 Å². The summed E-state index contributed by atoms with van der Waals surface area (Å²) >= 11 is 0. The molecule has 0 aromatic heterocycles. The molecule has 0 bridgehead atoms. The average molecular weight is 268 g/mol. The smallest absolute Gasteiger partial charge is 0.268 e. The summed E-state index contributed by atoms with van der Waals surface area (Å²) in [6.07, 6.45) is 0. The summed E-state index contributed by atoms with van der Waals surface area (Å²) in [5, 5.41) is 9.01. The van der Waals surface area contributed by atoms with Crippen molar-refractivity contribution in [2.45, 2.75) is 6.61 Å². The van der Waals surface area contributed by atoms with Gasteiger partial charge in [0.15, 0.2) is 0 Å². The SMILES string of the molecule is Nc1cccc2c1C(=O)N(c1ccc(CO)cc1)C2=O. The molecular formula is C15H12N2O3. The largest absolute Gasteiger partial charge is 0.398 e. The molecule has 1 heterocycles. The second kappa shape index (κ2) is 4.47. The number of aliphatic hydroxyl groups excluding tert-OH is 1. The summed E-state index contributed by atoms with van der Waals surface area (Å²) in [4.78, 5) is 25.8. The van der Waals surface area contributed by atoms with Crippen molar-refractivity contribution in [1.29, 1.82) is 0 Å². The van der Waals surface area contributed by atoms with Gasteiger partial charge in [0.05, 0.1) is 23.4 Å². The van der Waals surface area contributed by atoms with Crippen molar-refractivity contribution in [3.63, 3.8) is 0 Å². The molecule has 20 heavy (non-hydrogen) atoms. The highest BCUT2D eigenvalue weighted by Gasteiger charge is 2.37. The van der Waals surface area contributed by atoms with Gasteiger partial charge in [-0.3, -0.25) is 9.59 Å². The van der Waals surface area contributed by atoms with E-state index in [1.54, 1.807) is 42.5 Å². The number of hydrogen-bond acceptors (Lipinski definition) is 4. The first kappa shape index (κ1) is 12.4. The molecule has 0 fully saturated rings. The number of amides is 2. The molecule has 0 radical (unpaired) electrons. The molecule has 5 nitrogen and oxygen atoms in total. The van der Waals surface area contributed by atoms with Gasteiger partial charge in [0, 0.05) is 5.69 Å². The first-order chi connectivity index (χ1) is 9.63. The van der Waals surface area contributed by atoms with E-state index in [0.29, 0.717) is 22.5 Å². The highest BCUT2D eigenvalue weighted by atomic mass is 16.3. The zero-order valence-corrected chi connectivity index (χ0v) is 10.5. The van der Waals surface area contributed by atoms with E-state index in [4.69, 9.17) is 10.8 Å². The molecule has 100 valence electrons. The van der Waals surface area contributed by atoms with Crippen molar-refractivity contribution in [2.24, 2.45) is 0 Å². The maximum atomic E-state index is 12.4. The molecule has 3 rings (SSSR count). The van der Waals surface area contributed by atoms with E-state index in [0.717, 1.165) is 4.90 Å². The van der Waals surface area contributed by atoms with Crippen LogP contribution in [-0.2, 0) is 6.61 Å². The predicted molar refractivity (Wildman–Crippen MR) is 74.4 cm³/mol. The van der Waals surface area contributed by atoms with Crippen molar-refractivity contribution in [2.75, 3.05) is 10.6 Å². The Kier molecular flexibility index (Phi) is 2.76. The van der Waals surface area contributed by atoms with Crippen LogP contribution in [0.15, 0.2) is 42.5 Å². The lowest BCUT2D eigenvalue weighted by Crippen LogP contribution is -2.29. The number of aliphatic hydroxyl groups is 1. The van der Waals surface area contributed by atoms with Crippen molar-refractivity contribution in [1.82, 2.24) is 0 Å². The third-order valence-corrected chi connectivity index (χ3v) is 3.32. The molecule has 0 atom stereocenters. The molecule has 2 aromatic rings. The molecule has 5 heteroatoms. The molecule has 2 aromatic carbocycles. The van der Waals surface area contributed by atoms with Gasteiger partial charge in [-0.15, -0.1) is 0 Å². The Hall–Kier alpha value is -2.66. The molecule has 1 aliphatic rings. The van der Waals surface area contributed by atoms with E-state index in [1.807, 2.05) is 0 Å². The molecule has 0 saturated heterocycles. The second-order valence-electron chi connectivity index (χ2n) is 4.54. The van der Waals surface area contributed by atoms with Gasteiger partial charge in [-0.2, -0.15) is 0 Å². The van der Waals surface area contributed by atoms with Crippen molar-refractivity contribution in [3.8, 4) is 0 Å². The fraction of sp³-hybridized carbons (Fsp3) is 0.0667. The number of carbonyl (C=O) groups excluding carboxylic acids is 2. The quantitative estimate of drug-likeness (QED) is 0.639. The number of hydrogen-bond donors (Lipinski definition) is 2. The summed E-state index contributed by atoms with van der Waals surface area (Å²) < 4.78 is 0. The Morgan fingerprint density at radius 2 is 1.70 bits per heavy atom. The number of rotatable bonds is 2. The van der Waals surface area contributed by atoms with Gasteiger partial charge < -0.3 is 10.8 Å². The lowest BCUT2D eigenvalue weighted by atomic mass is 10.1. The van der Waals surface area contributed by atoms with Crippen LogP contribution in [0.1, 0.15) is 26.3 Å². The fourth-order valence-electron chi connectivity index (χ4n) is 2.30. The Labute approximate surface area is 115 Å². The standard InChI is InChI=1S/C15H12N2O3/c16-12-3-1-2-11-13(12)15(20)17(14(11)19)10-6-4-9(8-18)5-7-10/h1-7,18H,8,16H2. The highest BCUT2D eigenvalue weighted by Crippen LogP contribution is 2.31. The number of anilines is 2. The summed E-state index contributed by atoms with van der Waals surface area (Å²) in [6, 6.07) is 11.4. The summed E-state index contributed by atoms with van der Waals surface area (Å²) in [5.74, 6) is -0.797. The first-order valence-electron chi connectivity index (χ1n) is 6.10. The fourth-order valence-corrected chi connectivity index (χ4v) is 2.30. The molecule has 1 aliphatic heterocycles. The topological polar surface area (TPSA) is 83.6 Å². The van der Waals surface area contributed by atoms with E-state index < -0.39 is 5.91 Å². The van der Waals surface area contributed by atoms with Gasteiger partial charge in [0.25, 0.3) is 11.8 Å². The monoisotopic (exact) mass is 268 g/mol. The molecule has 0 aliphatic carbocycles. The molecule has 0 saturated carbocycles. The minimum Gasteiger partial charge on any atom is -0.398 e.